The van der Waals surface area contributed by atoms with Gasteiger partial charge in [0.05, 0.1) is 37.3 Å². The van der Waals surface area contributed by atoms with Crippen LogP contribution in [0.3, 0.4) is 0 Å². The van der Waals surface area contributed by atoms with Crippen LogP contribution >= 0.6 is 11.3 Å². The number of anilines is 2. The monoisotopic (exact) mass is 541 g/mol. The molecule has 0 saturated carbocycles. The van der Waals surface area contributed by atoms with Gasteiger partial charge in [0.25, 0.3) is 11.5 Å². The van der Waals surface area contributed by atoms with Crippen molar-refractivity contribution < 1.29 is 27.4 Å². The van der Waals surface area contributed by atoms with Crippen molar-refractivity contribution in [2.24, 2.45) is 0 Å². The number of aromatic nitrogens is 3. The number of methoxy groups -OCH3 is 1. The quantitative estimate of drug-likeness (QED) is 0.487. The first-order chi connectivity index (χ1) is 17.7. The number of likely N-dealkylation sites (tertiary alicyclic amines) is 1. The van der Waals surface area contributed by atoms with E-state index >= 15 is 0 Å². The average Bonchev–Trinajstić information content (AvgIpc) is 3.49. The van der Waals surface area contributed by atoms with Gasteiger partial charge >= 0.3 is 6.18 Å². The Hall–Kier alpha value is -3.22. The predicted molar refractivity (Wildman–Crippen MR) is 127 cm³/mol. The smallest absolute Gasteiger partial charge is 0.382 e. The van der Waals surface area contributed by atoms with Gasteiger partial charge in [-0.3, -0.25) is 9.59 Å². The molecule has 0 radical (unpaired) electrons. The van der Waals surface area contributed by atoms with Gasteiger partial charge in [0, 0.05) is 39.2 Å². The fourth-order valence-electron chi connectivity index (χ4n) is 4.60. The molecule has 2 N–H and O–H groups in total. The predicted octanol–water partition coefficient (Wildman–Crippen LogP) is 1.83. The molecule has 2 aromatic rings. The van der Waals surface area contributed by atoms with Gasteiger partial charge < -0.3 is 24.6 Å². The minimum Gasteiger partial charge on any atom is -0.382 e. The maximum Gasteiger partial charge on any atom is 0.423 e. The fraction of sp³-hybridized carbons (Fsp3) is 0.591. The summed E-state index contributed by atoms with van der Waals surface area (Å²) in [5.74, 6) is -0.149. The molecule has 4 heterocycles. The molecule has 200 valence electrons. The summed E-state index contributed by atoms with van der Waals surface area (Å²) in [7, 11) is 1.39. The number of hydrogen-bond donors (Lipinski definition) is 2. The number of carbonyl (C=O) groups excluding carboxylic acids is 1. The number of ether oxygens (including phenoxy) is 2. The fourth-order valence-corrected chi connectivity index (χ4v) is 5.36. The first-order valence-electron chi connectivity index (χ1n) is 11.6. The highest BCUT2D eigenvalue weighted by molar-refractivity contribution is 7.16. The highest BCUT2D eigenvalue weighted by atomic mass is 32.1. The van der Waals surface area contributed by atoms with Gasteiger partial charge in [-0.05, 0) is 12.8 Å². The van der Waals surface area contributed by atoms with E-state index in [4.69, 9.17) is 14.7 Å². The maximum atomic E-state index is 13.4. The molecule has 0 aromatic carbocycles. The van der Waals surface area contributed by atoms with E-state index in [9.17, 15) is 22.8 Å². The number of carbonyl (C=O) groups is 1. The van der Waals surface area contributed by atoms with E-state index in [1.54, 1.807) is 11.3 Å². The highest BCUT2D eigenvalue weighted by Crippen LogP contribution is 2.32. The topological polar surface area (TPSA) is 136 Å². The summed E-state index contributed by atoms with van der Waals surface area (Å²) in [4.78, 5) is 33.5. The van der Waals surface area contributed by atoms with Gasteiger partial charge in [-0.15, -0.1) is 0 Å². The van der Waals surface area contributed by atoms with E-state index in [1.165, 1.54) is 18.4 Å². The Morgan fingerprint density at radius 1 is 1.24 bits per heavy atom. The number of nitrogens with one attached hydrogen (secondary N) is 2. The number of amides is 1. The maximum absolute atomic E-state index is 13.4. The van der Waals surface area contributed by atoms with Gasteiger partial charge in [0.2, 0.25) is 0 Å². The van der Waals surface area contributed by atoms with Crippen LogP contribution in [-0.2, 0) is 20.4 Å². The minimum absolute atomic E-state index is 0.0164. The Balaban J connectivity index is 1.32. The van der Waals surface area contributed by atoms with E-state index in [-0.39, 0.29) is 25.2 Å². The second-order valence-electron chi connectivity index (χ2n) is 8.76. The van der Waals surface area contributed by atoms with Crippen molar-refractivity contribution in [3.63, 3.8) is 0 Å². The van der Waals surface area contributed by atoms with Crippen LogP contribution in [0.15, 0.2) is 17.2 Å². The zero-order valence-corrected chi connectivity index (χ0v) is 20.8. The van der Waals surface area contributed by atoms with Gasteiger partial charge in [0.1, 0.15) is 22.6 Å². The Bertz CT molecular complexity index is 1190. The third kappa shape index (κ3) is 6.20. The number of alkyl halides is 3. The molecule has 2 saturated heterocycles. The lowest BCUT2D eigenvalue weighted by Gasteiger charge is -2.36. The number of nitrogens with zero attached hydrogens (tertiary/aromatic N) is 5. The molecule has 15 heteroatoms. The van der Waals surface area contributed by atoms with Crippen LogP contribution in [0.1, 0.15) is 29.7 Å². The summed E-state index contributed by atoms with van der Waals surface area (Å²) in [6, 6.07) is 1.38. The van der Waals surface area contributed by atoms with Crippen molar-refractivity contribution in [1.82, 2.24) is 20.1 Å². The number of halogens is 3. The second-order valence-corrected chi connectivity index (χ2v) is 9.77. The lowest BCUT2D eigenvalue weighted by atomic mass is 10.0. The van der Waals surface area contributed by atoms with Crippen molar-refractivity contribution in [2.75, 3.05) is 50.2 Å². The minimum atomic E-state index is -4.88. The molecule has 0 bridgehead atoms. The van der Waals surface area contributed by atoms with Crippen LogP contribution in [-0.4, -0.2) is 84.1 Å². The van der Waals surface area contributed by atoms with E-state index in [0.717, 1.165) is 24.2 Å². The summed E-state index contributed by atoms with van der Waals surface area (Å²) < 4.78 is 51.0. The number of rotatable bonds is 9. The normalized spacial score (nSPS) is 19.8. The highest BCUT2D eigenvalue weighted by Gasteiger charge is 2.40. The first-order valence-corrected chi connectivity index (χ1v) is 12.5. The Morgan fingerprint density at radius 2 is 2.00 bits per heavy atom. The summed E-state index contributed by atoms with van der Waals surface area (Å²) >= 11 is 1.34. The summed E-state index contributed by atoms with van der Waals surface area (Å²) in [6.07, 6.45) is -1.18. The summed E-state index contributed by atoms with van der Waals surface area (Å²) in [5, 5.41) is 17.7. The molecule has 1 amide bonds. The Morgan fingerprint density at radius 3 is 2.65 bits per heavy atom. The molecule has 37 heavy (non-hydrogen) atoms. The third-order valence-corrected chi connectivity index (χ3v) is 7.30. The molecule has 1 unspecified atom stereocenters. The number of thiazole rings is 1. The number of hydrogen-bond acceptors (Lipinski definition) is 10. The average molecular weight is 542 g/mol. The number of piperidine rings is 1. The van der Waals surface area contributed by atoms with E-state index in [2.05, 4.69) is 26.4 Å². The van der Waals surface area contributed by atoms with E-state index in [0.29, 0.717) is 30.9 Å². The van der Waals surface area contributed by atoms with Crippen LogP contribution in [0.2, 0.25) is 0 Å². The molecule has 0 spiro atoms. The molecular formula is C22H26F3N7O4S. The van der Waals surface area contributed by atoms with Crippen molar-refractivity contribution in [3.8, 4) is 6.07 Å². The van der Waals surface area contributed by atoms with Crippen molar-refractivity contribution in [1.29, 1.82) is 5.26 Å². The zero-order chi connectivity index (χ0) is 26.6. The Labute approximate surface area is 214 Å². The largest absolute Gasteiger partial charge is 0.423 e. The van der Waals surface area contributed by atoms with Crippen molar-refractivity contribution in [2.45, 2.75) is 43.6 Å². The standard InChI is InChI=1S/C22H26F3N7O4S/c1-35-11-13(29-16-10-28-30-19(33)18(16)22(23,24)25)12-36-17-4-7-32(20(17)34)14-2-5-31(6-3-14)21-27-9-15(8-26)37-21/h9-10,13-14,17H,2-7,11-12H2,1H3,(H2,29,30,33)/t13?,17-/m1/s1. The molecule has 4 rings (SSSR count). The van der Waals surface area contributed by atoms with Crippen molar-refractivity contribution >= 4 is 28.1 Å². The zero-order valence-electron chi connectivity index (χ0n) is 20.0. The van der Waals surface area contributed by atoms with Gasteiger partial charge in [-0.2, -0.15) is 23.5 Å². The molecule has 0 aliphatic carbocycles. The SMILES string of the molecule is COCC(CO[C@@H]1CCN(C2CCN(c3ncc(C#N)s3)CC2)C1=O)Nc1cn[nH]c(=O)c1C(F)(F)F. The van der Waals surface area contributed by atoms with Gasteiger partial charge in [-0.25, -0.2) is 10.1 Å². The lowest BCUT2D eigenvalue weighted by Crippen LogP contribution is -2.47. The summed E-state index contributed by atoms with van der Waals surface area (Å²) in [6.45, 7) is 1.83. The molecule has 2 aromatic heterocycles. The van der Waals surface area contributed by atoms with E-state index < -0.39 is 35.1 Å². The number of nitriles is 1. The Kier molecular flexibility index (Phi) is 8.30. The number of H-pyrrole nitrogens is 1. The van der Waals surface area contributed by atoms with Crippen molar-refractivity contribution in [3.05, 3.63) is 33.2 Å². The lowest BCUT2D eigenvalue weighted by molar-refractivity contribution is -0.139. The second kappa shape index (κ2) is 11.4. The molecular weight excluding hydrogens is 515 g/mol. The summed E-state index contributed by atoms with van der Waals surface area (Å²) in [5.41, 5.74) is -3.24. The molecule has 2 aliphatic heterocycles. The van der Waals surface area contributed by atoms with Crippen LogP contribution in [0.25, 0.3) is 0 Å². The van der Waals surface area contributed by atoms with Gasteiger partial charge in [-0.1, -0.05) is 11.3 Å². The van der Waals surface area contributed by atoms with Crippen LogP contribution in [0.5, 0.6) is 0 Å². The molecule has 11 nitrogen and oxygen atoms in total. The van der Waals surface area contributed by atoms with E-state index in [1.807, 2.05) is 4.90 Å². The molecule has 2 atom stereocenters. The van der Waals surface area contributed by atoms with Crippen LogP contribution < -0.4 is 15.8 Å². The van der Waals surface area contributed by atoms with Crippen LogP contribution in [0, 0.1) is 11.3 Å². The number of aromatic amines is 1. The molecule has 2 fully saturated rings. The third-order valence-electron chi connectivity index (χ3n) is 6.34. The van der Waals surface area contributed by atoms with Crippen LogP contribution in [0.4, 0.5) is 24.0 Å². The molecule has 2 aliphatic rings. The first kappa shape index (κ1) is 26.8. The van der Waals surface area contributed by atoms with Gasteiger partial charge in [0.15, 0.2) is 5.13 Å².